The Balaban J connectivity index is 2.12. The highest BCUT2D eigenvalue weighted by atomic mass is 32.2. The first kappa shape index (κ1) is 21.7. The third-order valence-electron chi connectivity index (χ3n) is 4.31. The normalized spacial score (nSPS) is 12.3. The number of urea groups is 1. The summed E-state index contributed by atoms with van der Waals surface area (Å²) in [5.41, 5.74) is 1.20. The lowest BCUT2D eigenvalue weighted by Gasteiger charge is -2.29. The van der Waals surface area contributed by atoms with Gasteiger partial charge in [-0.15, -0.1) is 0 Å². The maximum atomic E-state index is 13.4. The lowest BCUT2D eigenvalue weighted by molar-refractivity contribution is 0.187. The first-order valence-corrected chi connectivity index (χ1v) is 10.7. The average Bonchev–Trinajstić information content (AvgIpc) is 2.66. The molecule has 2 aromatic carbocycles. The fourth-order valence-corrected chi connectivity index (χ4v) is 2.98. The molecule has 0 radical (unpaired) electrons. The molecular formula is C20H25FN2O4S. The molecule has 152 valence electrons. The third-order valence-corrected chi connectivity index (χ3v) is 5.47. The largest absolute Gasteiger partial charge is 0.382 e. The van der Waals surface area contributed by atoms with Gasteiger partial charge in [0, 0.05) is 18.3 Å². The van der Waals surface area contributed by atoms with E-state index in [-0.39, 0.29) is 23.6 Å². The van der Waals surface area contributed by atoms with Gasteiger partial charge in [0.05, 0.1) is 5.75 Å². The van der Waals surface area contributed by atoms with Crippen molar-refractivity contribution in [3.05, 3.63) is 59.9 Å². The van der Waals surface area contributed by atoms with E-state index in [4.69, 9.17) is 4.18 Å². The maximum Gasteiger partial charge on any atom is 0.322 e. The Hall–Kier alpha value is -2.61. The Morgan fingerprint density at radius 1 is 1.18 bits per heavy atom. The molecule has 1 N–H and O–H groups in total. The molecule has 6 nitrogen and oxygen atoms in total. The topological polar surface area (TPSA) is 75.7 Å². The number of benzene rings is 2. The van der Waals surface area contributed by atoms with E-state index in [1.807, 2.05) is 13.8 Å². The van der Waals surface area contributed by atoms with Gasteiger partial charge in [-0.05, 0) is 56.2 Å². The SMILES string of the molecule is CC[C@H](C)N(Cc1ccc(OS(=O)(=O)CC)cc1)C(=O)Nc1cccc(F)c1. The number of halogens is 1. The summed E-state index contributed by atoms with van der Waals surface area (Å²) in [5.74, 6) is -0.313. The van der Waals surface area contributed by atoms with Crippen molar-refractivity contribution in [2.45, 2.75) is 39.8 Å². The Morgan fingerprint density at radius 2 is 1.86 bits per heavy atom. The van der Waals surface area contributed by atoms with Gasteiger partial charge in [0.1, 0.15) is 11.6 Å². The summed E-state index contributed by atoms with van der Waals surface area (Å²) in [7, 11) is -3.58. The number of nitrogens with zero attached hydrogens (tertiary/aromatic N) is 1. The fraction of sp³-hybridized carbons (Fsp3) is 0.350. The van der Waals surface area contributed by atoms with Crippen LogP contribution in [0.1, 0.15) is 32.8 Å². The number of carbonyl (C=O) groups excluding carboxylic acids is 1. The van der Waals surface area contributed by atoms with Crippen LogP contribution >= 0.6 is 0 Å². The Bertz CT molecular complexity index is 901. The summed E-state index contributed by atoms with van der Waals surface area (Å²) in [5, 5.41) is 2.71. The zero-order chi connectivity index (χ0) is 20.7. The molecule has 0 spiro atoms. The molecule has 2 rings (SSSR count). The maximum absolute atomic E-state index is 13.4. The molecule has 28 heavy (non-hydrogen) atoms. The summed E-state index contributed by atoms with van der Waals surface area (Å²) in [4.78, 5) is 14.4. The van der Waals surface area contributed by atoms with E-state index < -0.39 is 15.9 Å². The van der Waals surface area contributed by atoms with E-state index in [0.717, 1.165) is 12.0 Å². The van der Waals surface area contributed by atoms with Gasteiger partial charge in [0.15, 0.2) is 0 Å². The summed E-state index contributed by atoms with van der Waals surface area (Å²) in [6, 6.07) is 11.9. The van der Waals surface area contributed by atoms with Crippen molar-refractivity contribution in [1.29, 1.82) is 0 Å². The van der Waals surface area contributed by atoms with Crippen LogP contribution in [0.5, 0.6) is 5.75 Å². The van der Waals surface area contributed by atoms with Crippen LogP contribution in [0.4, 0.5) is 14.9 Å². The van der Waals surface area contributed by atoms with E-state index in [1.54, 1.807) is 35.2 Å². The van der Waals surface area contributed by atoms with Gasteiger partial charge in [-0.1, -0.05) is 25.1 Å². The number of hydrogen-bond acceptors (Lipinski definition) is 4. The number of amides is 2. The van der Waals surface area contributed by atoms with Gasteiger partial charge in [0.25, 0.3) is 0 Å². The molecule has 0 unspecified atom stereocenters. The number of carbonyl (C=O) groups is 1. The number of rotatable bonds is 8. The van der Waals surface area contributed by atoms with Gasteiger partial charge < -0.3 is 14.4 Å². The molecule has 0 saturated heterocycles. The smallest absolute Gasteiger partial charge is 0.322 e. The van der Waals surface area contributed by atoms with E-state index in [0.29, 0.717) is 12.2 Å². The highest BCUT2D eigenvalue weighted by Crippen LogP contribution is 2.19. The molecule has 2 amide bonds. The summed E-state index contributed by atoms with van der Waals surface area (Å²) < 4.78 is 41.4. The Kier molecular flexibility index (Phi) is 7.39. The van der Waals surface area contributed by atoms with Crippen LogP contribution in [-0.4, -0.2) is 31.1 Å². The average molecular weight is 408 g/mol. The molecule has 0 fully saturated rings. The van der Waals surface area contributed by atoms with Gasteiger partial charge in [-0.3, -0.25) is 0 Å². The highest BCUT2D eigenvalue weighted by Gasteiger charge is 2.20. The monoisotopic (exact) mass is 408 g/mol. The van der Waals surface area contributed by atoms with Crippen molar-refractivity contribution in [3.8, 4) is 5.75 Å². The minimum Gasteiger partial charge on any atom is -0.382 e. The van der Waals surface area contributed by atoms with Crippen LogP contribution in [0.3, 0.4) is 0 Å². The Morgan fingerprint density at radius 3 is 2.43 bits per heavy atom. The highest BCUT2D eigenvalue weighted by molar-refractivity contribution is 7.87. The van der Waals surface area contributed by atoms with Crippen LogP contribution in [0.25, 0.3) is 0 Å². The zero-order valence-corrected chi connectivity index (χ0v) is 17.0. The van der Waals surface area contributed by atoms with Gasteiger partial charge in [-0.25, -0.2) is 9.18 Å². The second kappa shape index (κ2) is 9.54. The van der Waals surface area contributed by atoms with E-state index in [9.17, 15) is 17.6 Å². The van der Waals surface area contributed by atoms with E-state index in [2.05, 4.69) is 5.32 Å². The van der Waals surface area contributed by atoms with Crippen LogP contribution in [-0.2, 0) is 16.7 Å². The van der Waals surface area contributed by atoms with Crippen molar-refractivity contribution in [1.82, 2.24) is 4.90 Å². The predicted octanol–water partition coefficient (Wildman–Crippen LogP) is 4.39. The van der Waals surface area contributed by atoms with Crippen LogP contribution in [0, 0.1) is 5.82 Å². The number of nitrogens with one attached hydrogen (secondary N) is 1. The molecule has 0 heterocycles. The van der Waals surface area contributed by atoms with Gasteiger partial charge in [0.2, 0.25) is 0 Å². The molecule has 1 atom stereocenters. The van der Waals surface area contributed by atoms with Crippen molar-refractivity contribution in [3.63, 3.8) is 0 Å². The fourth-order valence-electron chi connectivity index (χ4n) is 2.46. The van der Waals surface area contributed by atoms with E-state index >= 15 is 0 Å². The van der Waals surface area contributed by atoms with Crippen LogP contribution in [0.2, 0.25) is 0 Å². The summed E-state index contributed by atoms with van der Waals surface area (Å²) in [6.45, 7) is 5.72. The van der Waals surface area contributed by atoms with Gasteiger partial charge >= 0.3 is 16.1 Å². The lowest BCUT2D eigenvalue weighted by atomic mass is 10.1. The van der Waals surface area contributed by atoms with E-state index in [1.165, 1.54) is 25.1 Å². The molecule has 8 heteroatoms. The summed E-state index contributed by atoms with van der Waals surface area (Å²) >= 11 is 0. The number of hydrogen-bond donors (Lipinski definition) is 1. The third kappa shape index (κ3) is 6.23. The summed E-state index contributed by atoms with van der Waals surface area (Å²) in [6.07, 6.45) is 0.743. The molecule has 0 aromatic heterocycles. The van der Waals surface area contributed by atoms with Gasteiger partial charge in [-0.2, -0.15) is 8.42 Å². The van der Waals surface area contributed by atoms with Crippen molar-refractivity contribution in [2.75, 3.05) is 11.1 Å². The molecule has 0 aliphatic heterocycles. The van der Waals surface area contributed by atoms with Crippen LogP contribution in [0.15, 0.2) is 48.5 Å². The number of anilines is 1. The zero-order valence-electron chi connectivity index (χ0n) is 16.2. The molecule has 2 aromatic rings. The standard InChI is InChI=1S/C20H25FN2O4S/c1-4-15(3)23(20(24)22-18-8-6-7-17(21)13-18)14-16-9-11-19(12-10-16)27-28(25,26)5-2/h6-13,15H,4-5,14H2,1-3H3,(H,22,24)/t15-/m0/s1. The van der Waals surface area contributed by atoms with Crippen molar-refractivity contribution in [2.24, 2.45) is 0 Å². The van der Waals surface area contributed by atoms with Crippen molar-refractivity contribution >= 4 is 21.8 Å². The van der Waals surface area contributed by atoms with Crippen molar-refractivity contribution < 1.29 is 21.8 Å². The molecule has 0 aliphatic carbocycles. The molecule has 0 bridgehead atoms. The first-order valence-electron chi connectivity index (χ1n) is 9.08. The second-order valence-electron chi connectivity index (χ2n) is 6.40. The lowest BCUT2D eigenvalue weighted by Crippen LogP contribution is -2.40. The molecule has 0 saturated carbocycles. The molecular weight excluding hydrogens is 383 g/mol. The minimum absolute atomic E-state index is 0.0510. The van der Waals surface area contributed by atoms with Crippen LogP contribution < -0.4 is 9.50 Å². The minimum atomic E-state index is -3.58. The molecule has 0 aliphatic rings. The Labute approximate surface area is 165 Å². The quantitative estimate of drug-likeness (QED) is 0.658. The predicted molar refractivity (Wildman–Crippen MR) is 107 cm³/mol. The second-order valence-corrected chi connectivity index (χ2v) is 8.26. The first-order chi connectivity index (χ1) is 13.2.